The minimum atomic E-state index is 0.333. The predicted octanol–water partition coefficient (Wildman–Crippen LogP) is 4.42. The van der Waals surface area contributed by atoms with E-state index in [1.165, 1.54) is 15.5 Å². The fourth-order valence-corrected chi connectivity index (χ4v) is 4.51. The summed E-state index contributed by atoms with van der Waals surface area (Å²) >= 11 is 1.79. The van der Waals surface area contributed by atoms with E-state index in [4.69, 9.17) is 0 Å². The van der Waals surface area contributed by atoms with Gasteiger partial charge in [-0.1, -0.05) is 36.0 Å². The highest BCUT2D eigenvalue weighted by Crippen LogP contribution is 2.49. The first-order chi connectivity index (χ1) is 11.8. The van der Waals surface area contributed by atoms with E-state index in [-0.39, 0.29) is 0 Å². The van der Waals surface area contributed by atoms with Crippen molar-refractivity contribution < 1.29 is 0 Å². The Balaban J connectivity index is 1.75. The lowest BCUT2D eigenvalue weighted by Gasteiger charge is -2.38. The largest absolute Gasteiger partial charge is 0.335 e. The average molecular weight is 333 g/mol. The van der Waals surface area contributed by atoms with E-state index in [0.29, 0.717) is 11.6 Å². The van der Waals surface area contributed by atoms with Crippen LogP contribution in [0.3, 0.4) is 0 Å². The molecule has 2 aliphatic heterocycles. The molecule has 0 amide bonds. The minimum Gasteiger partial charge on any atom is -0.335 e. The number of benzene rings is 2. The Kier molecular flexibility index (Phi) is 4.05. The van der Waals surface area contributed by atoms with Crippen LogP contribution in [0.25, 0.3) is 0 Å². The summed E-state index contributed by atoms with van der Waals surface area (Å²) < 4.78 is 0. The van der Waals surface area contributed by atoms with Gasteiger partial charge in [-0.15, -0.1) is 0 Å². The Morgan fingerprint density at radius 3 is 2.62 bits per heavy atom. The summed E-state index contributed by atoms with van der Waals surface area (Å²) in [4.78, 5) is 7.35. The zero-order valence-corrected chi connectivity index (χ0v) is 14.5. The molecule has 3 nitrogen and oxygen atoms in total. The highest BCUT2D eigenvalue weighted by Gasteiger charge is 2.28. The zero-order valence-electron chi connectivity index (χ0n) is 13.6. The van der Waals surface area contributed by atoms with Gasteiger partial charge in [-0.3, -0.25) is 4.90 Å². The summed E-state index contributed by atoms with van der Waals surface area (Å²) in [7, 11) is 0. The lowest BCUT2D eigenvalue weighted by Crippen LogP contribution is -2.40. The highest BCUT2D eigenvalue weighted by molar-refractivity contribution is 7.99. The van der Waals surface area contributed by atoms with Gasteiger partial charge in [0.1, 0.15) is 0 Å². The Labute approximate surface area is 147 Å². The number of para-hydroxylation sites is 1. The molecular formula is C20H19N3S. The molecule has 2 aliphatic rings. The fraction of sp³-hybridized carbons (Fsp3) is 0.250. The van der Waals surface area contributed by atoms with Gasteiger partial charge in [-0.2, -0.15) is 5.26 Å². The van der Waals surface area contributed by atoms with Gasteiger partial charge in [0.15, 0.2) is 0 Å². The summed E-state index contributed by atoms with van der Waals surface area (Å²) in [6.07, 6.45) is 4.46. The third-order valence-electron chi connectivity index (χ3n) is 4.55. The van der Waals surface area contributed by atoms with Crippen LogP contribution >= 0.6 is 11.8 Å². The van der Waals surface area contributed by atoms with E-state index in [1.54, 1.807) is 11.8 Å². The number of nitriles is 1. The molecule has 0 spiro atoms. The number of rotatable bonds is 3. The molecular weight excluding hydrogens is 314 g/mol. The smallest absolute Gasteiger partial charge is 0.0992 e. The van der Waals surface area contributed by atoms with Crippen LogP contribution in [0.2, 0.25) is 0 Å². The van der Waals surface area contributed by atoms with Crippen LogP contribution in [-0.2, 0) is 0 Å². The second-order valence-corrected chi connectivity index (χ2v) is 7.36. The van der Waals surface area contributed by atoms with Crippen molar-refractivity contribution in [3.63, 3.8) is 0 Å². The molecule has 2 aromatic carbocycles. The molecule has 1 unspecified atom stereocenters. The SMILES string of the molecule is CC(CN1CC=CC1)N1c2ccccc2Sc2ccc(C#N)cc21. The second kappa shape index (κ2) is 6.35. The van der Waals surface area contributed by atoms with E-state index in [9.17, 15) is 5.26 Å². The topological polar surface area (TPSA) is 30.3 Å². The molecule has 0 bridgehead atoms. The van der Waals surface area contributed by atoms with Crippen molar-refractivity contribution in [3.05, 3.63) is 60.2 Å². The first-order valence-corrected chi connectivity index (χ1v) is 9.05. The quantitative estimate of drug-likeness (QED) is 0.778. The molecule has 2 heterocycles. The highest BCUT2D eigenvalue weighted by atomic mass is 32.2. The molecule has 24 heavy (non-hydrogen) atoms. The van der Waals surface area contributed by atoms with Gasteiger partial charge in [-0.25, -0.2) is 0 Å². The van der Waals surface area contributed by atoms with Crippen LogP contribution in [0.15, 0.2) is 64.4 Å². The number of nitrogens with zero attached hydrogens (tertiary/aromatic N) is 3. The first-order valence-electron chi connectivity index (χ1n) is 8.24. The summed E-state index contributed by atoms with van der Waals surface area (Å²) in [5.41, 5.74) is 3.11. The molecule has 0 saturated carbocycles. The van der Waals surface area contributed by atoms with Gasteiger partial charge < -0.3 is 4.90 Å². The van der Waals surface area contributed by atoms with Crippen molar-refractivity contribution in [1.82, 2.24) is 4.90 Å². The van der Waals surface area contributed by atoms with E-state index in [1.807, 2.05) is 12.1 Å². The van der Waals surface area contributed by atoms with Crippen LogP contribution in [-0.4, -0.2) is 30.6 Å². The molecule has 2 aromatic rings. The van der Waals surface area contributed by atoms with Gasteiger partial charge in [0.25, 0.3) is 0 Å². The molecule has 0 N–H and O–H groups in total. The Morgan fingerprint density at radius 2 is 1.83 bits per heavy atom. The lowest BCUT2D eigenvalue weighted by molar-refractivity contribution is 0.331. The molecule has 0 radical (unpaired) electrons. The lowest BCUT2D eigenvalue weighted by atomic mass is 10.1. The van der Waals surface area contributed by atoms with Crippen LogP contribution < -0.4 is 4.90 Å². The molecule has 0 aliphatic carbocycles. The second-order valence-electron chi connectivity index (χ2n) is 6.27. The normalized spacial score (nSPS) is 17.2. The van der Waals surface area contributed by atoms with Gasteiger partial charge in [-0.05, 0) is 37.3 Å². The Bertz CT molecular complexity index is 829. The maximum atomic E-state index is 9.30. The van der Waals surface area contributed by atoms with Crippen LogP contribution in [0.5, 0.6) is 0 Å². The van der Waals surface area contributed by atoms with Crippen LogP contribution in [0.1, 0.15) is 12.5 Å². The van der Waals surface area contributed by atoms with Gasteiger partial charge >= 0.3 is 0 Å². The summed E-state index contributed by atoms with van der Waals surface area (Å²) in [5, 5.41) is 9.30. The zero-order chi connectivity index (χ0) is 16.5. The van der Waals surface area contributed by atoms with E-state index in [2.05, 4.69) is 65.3 Å². The van der Waals surface area contributed by atoms with Crippen molar-refractivity contribution in [2.24, 2.45) is 0 Å². The van der Waals surface area contributed by atoms with Crippen molar-refractivity contribution in [1.29, 1.82) is 5.26 Å². The maximum absolute atomic E-state index is 9.30. The third-order valence-corrected chi connectivity index (χ3v) is 5.68. The summed E-state index contributed by atoms with van der Waals surface area (Å²) in [5.74, 6) is 0. The fourth-order valence-electron chi connectivity index (χ4n) is 3.45. The maximum Gasteiger partial charge on any atom is 0.0992 e. The van der Waals surface area contributed by atoms with Gasteiger partial charge in [0.05, 0.1) is 23.0 Å². The Morgan fingerprint density at radius 1 is 1.08 bits per heavy atom. The van der Waals surface area contributed by atoms with E-state index in [0.717, 1.165) is 25.3 Å². The molecule has 0 fully saturated rings. The number of anilines is 2. The average Bonchev–Trinajstić information content (AvgIpc) is 3.12. The summed E-state index contributed by atoms with van der Waals surface area (Å²) in [6, 6.07) is 17.2. The van der Waals surface area contributed by atoms with E-state index < -0.39 is 0 Å². The van der Waals surface area contributed by atoms with Crippen molar-refractivity contribution in [2.45, 2.75) is 22.8 Å². The van der Waals surface area contributed by atoms with Gasteiger partial charge in [0.2, 0.25) is 0 Å². The standard InChI is InChI=1S/C20H19N3S/c1-15(14-22-10-4-5-11-22)23-17-6-2-3-7-19(17)24-20-9-8-16(13-21)12-18(20)23/h2-9,12,15H,10-11,14H2,1H3. The number of hydrogen-bond acceptors (Lipinski definition) is 4. The van der Waals surface area contributed by atoms with Crippen LogP contribution in [0, 0.1) is 11.3 Å². The molecule has 120 valence electrons. The number of fused-ring (bicyclic) bond motifs is 2. The first kappa shape index (κ1) is 15.3. The molecule has 4 rings (SSSR count). The molecule has 4 heteroatoms. The van der Waals surface area contributed by atoms with Gasteiger partial charge in [0, 0.05) is 35.5 Å². The third kappa shape index (κ3) is 2.71. The van der Waals surface area contributed by atoms with Crippen LogP contribution in [0.4, 0.5) is 11.4 Å². The minimum absolute atomic E-state index is 0.333. The van der Waals surface area contributed by atoms with Crippen molar-refractivity contribution in [3.8, 4) is 6.07 Å². The molecule has 0 saturated heterocycles. The summed E-state index contributed by atoms with van der Waals surface area (Å²) in [6.45, 7) is 5.33. The Hall–Kier alpha value is -2.22. The van der Waals surface area contributed by atoms with E-state index >= 15 is 0 Å². The van der Waals surface area contributed by atoms with Crippen molar-refractivity contribution >= 4 is 23.1 Å². The molecule has 1 atom stereocenters. The van der Waals surface area contributed by atoms with Crippen molar-refractivity contribution in [2.75, 3.05) is 24.5 Å². The monoisotopic (exact) mass is 333 g/mol. The molecule has 0 aromatic heterocycles. The predicted molar refractivity (Wildman–Crippen MR) is 98.9 cm³/mol. The number of hydrogen-bond donors (Lipinski definition) is 0.